The Balaban J connectivity index is 2.46. The van der Waals surface area contributed by atoms with Crippen LogP contribution in [0, 0.1) is 0 Å². The third kappa shape index (κ3) is 2.95. The predicted octanol–water partition coefficient (Wildman–Crippen LogP) is -1.26. The van der Waals surface area contributed by atoms with Crippen LogP contribution in [0.5, 0.6) is 0 Å². The fourth-order valence-electron chi connectivity index (χ4n) is 1.44. The minimum atomic E-state index is -0.549. The molecular weight excluding hydrogens is 170 g/mol. The highest BCUT2D eigenvalue weighted by atomic mass is 16.5. The lowest BCUT2D eigenvalue weighted by molar-refractivity contribution is -0.143. The van der Waals surface area contributed by atoms with Crippen molar-refractivity contribution in [3.8, 4) is 0 Å². The minimum Gasteiger partial charge on any atom is -0.366 e. The van der Waals surface area contributed by atoms with Crippen LogP contribution in [0.25, 0.3) is 0 Å². The number of hydrogen-bond donors (Lipinski definition) is 2. The van der Waals surface area contributed by atoms with Crippen molar-refractivity contribution in [3.63, 3.8) is 0 Å². The molecule has 0 aromatic heterocycles. The number of nitrogens with two attached hydrogens (primary N) is 1. The van der Waals surface area contributed by atoms with Gasteiger partial charge in [0.1, 0.15) is 0 Å². The van der Waals surface area contributed by atoms with Crippen molar-refractivity contribution >= 4 is 5.91 Å². The Morgan fingerprint density at radius 3 is 2.69 bits per heavy atom. The molecular formula is C8H17N3O2. The van der Waals surface area contributed by atoms with Crippen LogP contribution in [0.4, 0.5) is 0 Å². The number of nitrogens with zero attached hydrogens (tertiary/aromatic N) is 1. The van der Waals surface area contributed by atoms with Gasteiger partial charge in [0.15, 0.2) is 6.23 Å². The van der Waals surface area contributed by atoms with E-state index < -0.39 is 12.1 Å². The Morgan fingerprint density at radius 1 is 1.62 bits per heavy atom. The molecule has 13 heavy (non-hydrogen) atoms. The van der Waals surface area contributed by atoms with E-state index in [0.29, 0.717) is 6.61 Å². The number of carbonyl (C=O) groups excluding carboxylic acids is 1. The van der Waals surface area contributed by atoms with Crippen LogP contribution in [0.3, 0.4) is 0 Å². The molecule has 1 unspecified atom stereocenters. The molecule has 5 nitrogen and oxygen atoms in total. The zero-order chi connectivity index (χ0) is 9.68. The van der Waals surface area contributed by atoms with E-state index in [0.717, 1.165) is 26.2 Å². The molecule has 3 N–H and O–H groups in total. The maximum atomic E-state index is 11.0. The maximum absolute atomic E-state index is 11.0. The standard InChI is InChI=1S/C8H17N3O2/c1-2-13-8(7(9)12)11-5-3-10-4-6-11/h8,10H,2-6H2,1H3,(H2,9,12). The van der Waals surface area contributed by atoms with Crippen LogP contribution in [0.15, 0.2) is 0 Å². The van der Waals surface area contributed by atoms with Crippen LogP contribution in [0.1, 0.15) is 6.92 Å². The van der Waals surface area contributed by atoms with E-state index in [1.54, 1.807) is 0 Å². The largest absolute Gasteiger partial charge is 0.366 e. The minimum absolute atomic E-state index is 0.399. The van der Waals surface area contributed by atoms with Crippen LogP contribution < -0.4 is 11.1 Å². The van der Waals surface area contributed by atoms with Crippen LogP contribution in [-0.2, 0) is 9.53 Å². The predicted molar refractivity (Wildman–Crippen MR) is 49.1 cm³/mol. The van der Waals surface area contributed by atoms with Gasteiger partial charge in [-0.05, 0) is 6.92 Å². The fraction of sp³-hybridized carbons (Fsp3) is 0.875. The lowest BCUT2D eigenvalue weighted by atomic mass is 10.3. The van der Waals surface area contributed by atoms with Gasteiger partial charge in [-0.25, -0.2) is 0 Å². The second-order valence-corrected chi connectivity index (χ2v) is 3.00. The van der Waals surface area contributed by atoms with E-state index in [2.05, 4.69) is 5.32 Å². The average molecular weight is 187 g/mol. The number of carbonyl (C=O) groups is 1. The lowest BCUT2D eigenvalue weighted by Crippen LogP contribution is -2.54. The van der Waals surface area contributed by atoms with Gasteiger partial charge in [0.2, 0.25) is 0 Å². The summed E-state index contributed by atoms with van der Waals surface area (Å²) in [7, 11) is 0. The Kier molecular flexibility index (Phi) is 4.14. The third-order valence-corrected chi connectivity index (χ3v) is 2.05. The Bertz CT molecular complexity index is 169. The van der Waals surface area contributed by atoms with E-state index in [1.165, 1.54) is 0 Å². The number of nitrogens with one attached hydrogen (secondary N) is 1. The number of rotatable bonds is 4. The van der Waals surface area contributed by atoms with E-state index in [-0.39, 0.29) is 0 Å². The molecule has 1 fully saturated rings. The molecule has 0 aliphatic carbocycles. The van der Waals surface area contributed by atoms with Crippen molar-refractivity contribution in [2.45, 2.75) is 13.2 Å². The SMILES string of the molecule is CCOC(C(N)=O)N1CCNCC1. The molecule has 5 heteroatoms. The Hall–Kier alpha value is -0.650. The van der Waals surface area contributed by atoms with Crippen LogP contribution in [0.2, 0.25) is 0 Å². The maximum Gasteiger partial charge on any atom is 0.261 e. The van der Waals surface area contributed by atoms with Crippen molar-refractivity contribution < 1.29 is 9.53 Å². The molecule has 0 bridgehead atoms. The monoisotopic (exact) mass is 187 g/mol. The summed E-state index contributed by atoms with van der Waals surface area (Å²) >= 11 is 0. The van der Waals surface area contributed by atoms with Gasteiger partial charge in [-0.15, -0.1) is 0 Å². The highest BCUT2D eigenvalue weighted by Crippen LogP contribution is 2.02. The summed E-state index contributed by atoms with van der Waals surface area (Å²) in [6.07, 6.45) is -0.549. The van der Waals surface area contributed by atoms with Gasteiger partial charge in [0.25, 0.3) is 5.91 Å². The van der Waals surface area contributed by atoms with Crippen molar-refractivity contribution in [1.29, 1.82) is 0 Å². The first-order chi connectivity index (χ1) is 6.25. The topological polar surface area (TPSA) is 67.6 Å². The molecule has 1 rings (SSSR count). The van der Waals surface area contributed by atoms with Crippen molar-refractivity contribution in [3.05, 3.63) is 0 Å². The molecule has 1 saturated heterocycles. The summed E-state index contributed by atoms with van der Waals surface area (Å²) in [5, 5.41) is 3.20. The average Bonchev–Trinajstić information content (AvgIpc) is 2.15. The second-order valence-electron chi connectivity index (χ2n) is 3.00. The van der Waals surface area contributed by atoms with E-state index in [1.807, 2.05) is 11.8 Å². The highest BCUT2D eigenvalue weighted by Gasteiger charge is 2.24. The first kappa shape index (κ1) is 10.4. The molecule has 1 aliphatic rings. The number of hydrogen-bond acceptors (Lipinski definition) is 4. The van der Waals surface area contributed by atoms with Gasteiger partial charge in [0.05, 0.1) is 0 Å². The number of amides is 1. The van der Waals surface area contributed by atoms with Gasteiger partial charge < -0.3 is 15.8 Å². The van der Waals surface area contributed by atoms with Gasteiger partial charge in [-0.1, -0.05) is 0 Å². The molecule has 0 radical (unpaired) electrons. The summed E-state index contributed by atoms with van der Waals surface area (Å²) in [5.74, 6) is -0.399. The molecule has 0 spiro atoms. The second kappa shape index (κ2) is 5.16. The smallest absolute Gasteiger partial charge is 0.261 e. The summed E-state index contributed by atoms with van der Waals surface area (Å²) in [5.41, 5.74) is 5.23. The van der Waals surface area contributed by atoms with Crippen molar-refractivity contribution in [2.24, 2.45) is 5.73 Å². The zero-order valence-corrected chi connectivity index (χ0v) is 7.95. The zero-order valence-electron chi connectivity index (χ0n) is 7.95. The summed E-state index contributed by atoms with van der Waals surface area (Å²) < 4.78 is 5.27. The van der Waals surface area contributed by atoms with Crippen LogP contribution >= 0.6 is 0 Å². The molecule has 1 heterocycles. The fourth-order valence-corrected chi connectivity index (χ4v) is 1.44. The lowest BCUT2D eigenvalue weighted by Gasteiger charge is -2.32. The summed E-state index contributed by atoms with van der Waals surface area (Å²) in [4.78, 5) is 13.0. The normalized spacial score (nSPS) is 21.3. The first-order valence-corrected chi connectivity index (χ1v) is 4.61. The quantitative estimate of drug-likeness (QED) is 0.576. The van der Waals surface area contributed by atoms with Crippen molar-refractivity contribution in [2.75, 3.05) is 32.8 Å². The van der Waals surface area contributed by atoms with Crippen LogP contribution in [-0.4, -0.2) is 49.8 Å². The molecule has 1 amide bonds. The summed E-state index contributed by atoms with van der Waals surface area (Å²) in [6, 6.07) is 0. The Morgan fingerprint density at radius 2 is 2.23 bits per heavy atom. The highest BCUT2D eigenvalue weighted by molar-refractivity contribution is 5.78. The van der Waals surface area contributed by atoms with Gasteiger partial charge >= 0.3 is 0 Å². The van der Waals surface area contributed by atoms with E-state index in [4.69, 9.17) is 10.5 Å². The number of piperazine rings is 1. The van der Waals surface area contributed by atoms with Crippen molar-refractivity contribution in [1.82, 2.24) is 10.2 Å². The number of ether oxygens (including phenoxy) is 1. The third-order valence-electron chi connectivity index (χ3n) is 2.05. The van der Waals surface area contributed by atoms with Gasteiger partial charge in [-0.2, -0.15) is 0 Å². The molecule has 1 aliphatic heterocycles. The first-order valence-electron chi connectivity index (χ1n) is 4.61. The number of primary amides is 1. The van der Waals surface area contributed by atoms with Gasteiger partial charge in [0, 0.05) is 32.8 Å². The molecule has 0 saturated carbocycles. The molecule has 0 aromatic carbocycles. The Labute approximate surface area is 78.2 Å². The van der Waals surface area contributed by atoms with E-state index >= 15 is 0 Å². The molecule has 76 valence electrons. The van der Waals surface area contributed by atoms with Gasteiger partial charge in [-0.3, -0.25) is 9.69 Å². The molecule has 0 aromatic rings. The van der Waals surface area contributed by atoms with E-state index in [9.17, 15) is 4.79 Å². The summed E-state index contributed by atoms with van der Waals surface area (Å²) in [6.45, 7) is 5.77. The molecule has 1 atom stereocenters.